The smallest absolute Gasteiger partial charge is 0.235 e. The third-order valence-corrected chi connectivity index (χ3v) is 1.90. The van der Waals surface area contributed by atoms with Gasteiger partial charge in [0.05, 0.1) is 0 Å². The summed E-state index contributed by atoms with van der Waals surface area (Å²) in [5.41, 5.74) is 0. The SMILES string of the molecule is F[C@@H]1C(F)(F)C(F)(F)[C@]1(F)Cl. The molecule has 0 aliphatic heterocycles. The van der Waals surface area contributed by atoms with Crippen molar-refractivity contribution in [1.82, 2.24) is 0 Å². The van der Waals surface area contributed by atoms with Gasteiger partial charge in [0.1, 0.15) is 0 Å². The Bertz CT molecular complexity index is 169. The van der Waals surface area contributed by atoms with Crippen molar-refractivity contribution in [2.24, 2.45) is 0 Å². The first-order valence-corrected chi connectivity index (χ1v) is 2.81. The predicted molar refractivity (Wildman–Crippen MR) is 24.5 cm³/mol. The molecular formula is C4HClF6. The lowest BCUT2D eigenvalue weighted by Crippen LogP contribution is -2.76. The highest BCUT2D eigenvalue weighted by molar-refractivity contribution is 6.25. The fraction of sp³-hybridized carbons (Fsp3) is 1.00. The first kappa shape index (κ1) is 8.96. The highest BCUT2D eigenvalue weighted by Crippen LogP contribution is 2.63. The number of halogens is 7. The Morgan fingerprint density at radius 1 is 1.00 bits per heavy atom. The van der Waals surface area contributed by atoms with Crippen molar-refractivity contribution in [1.29, 1.82) is 0 Å². The molecule has 0 radical (unpaired) electrons. The second-order valence-corrected chi connectivity index (χ2v) is 2.73. The molecule has 0 nitrogen and oxygen atoms in total. The minimum absolute atomic E-state index is 3.65. The van der Waals surface area contributed by atoms with Crippen molar-refractivity contribution in [3.05, 3.63) is 0 Å². The normalized spacial score (nSPS) is 46.6. The van der Waals surface area contributed by atoms with Crippen LogP contribution in [0.1, 0.15) is 0 Å². The Hall–Kier alpha value is -0.130. The van der Waals surface area contributed by atoms with Crippen LogP contribution in [0.4, 0.5) is 26.3 Å². The van der Waals surface area contributed by atoms with Crippen LogP contribution in [0.5, 0.6) is 0 Å². The van der Waals surface area contributed by atoms with Crippen LogP contribution in [0, 0.1) is 0 Å². The standard InChI is InChI=1S/C4HClF6/c5-2(7)1(6)3(8,9)4(2,10)11/h1H/t1-,2-/m0/s1. The fourth-order valence-electron chi connectivity index (χ4n) is 0.690. The third-order valence-electron chi connectivity index (χ3n) is 1.47. The van der Waals surface area contributed by atoms with Crippen LogP contribution in [0.2, 0.25) is 0 Å². The van der Waals surface area contributed by atoms with Crippen molar-refractivity contribution < 1.29 is 26.3 Å². The number of hydrogen-bond donors (Lipinski definition) is 0. The molecule has 11 heavy (non-hydrogen) atoms. The molecule has 0 saturated heterocycles. The third kappa shape index (κ3) is 0.685. The van der Waals surface area contributed by atoms with Gasteiger partial charge in [0.25, 0.3) is 5.13 Å². The average molecular weight is 198 g/mol. The van der Waals surface area contributed by atoms with Gasteiger partial charge in [0.2, 0.25) is 6.17 Å². The molecule has 0 N–H and O–H groups in total. The van der Waals surface area contributed by atoms with Gasteiger partial charge in [-0.15, -0.1) is 0 Å². The molecule has 66 valence electrons. The minimum Gasteiger partial charge on any atom is -0.235 e. The van der Waals surface area contributed by atoms with Crippen LogP contribution < -0.4 is 0 Å². The minimum atomic E-state index is -5.12. The highest BCUT2D eigenvalue weighted by Gasteiger charge is 2.89. The number of alkyl halides is 7. The maximum atomic E-state index is 12.0. The number of rotatable bonds is 0. The van der Waals surface area contributed by atoms with Gasteiger partial charge in [-0.2, -0.15) is 17.6 Å². The van der Waals surface area contributed by atoms with Crippen LogP contribution in [0.25, 0.3) is 0 Å². The van der Waals surface area contributed by atoms with Crippen LogP contribution in [-0.4, -0.2) is 23.1 Å². The summed E-state index contributed by atoms with van der Waals surface area (Å²) in [5.74, 6) is -10.1. The van der Waals surface area contributed by atoms with Crippen LogP contribution in [0.3, 0.4) is 0 Å². The summed E-state index contributed by atoms with van der Waals surface area (Å²) in [4.78, 5) is 0. The Kier molecular flexibility index (Phi) is 1.45. The van der Waals surface area contributed by atoms with E-state index in [2.05, 4.69) is 11.6 Å². The van der Waals surface area contributed by atoms with Crippen LogP contribution >= 0.6 is 11.6 Å². The first-order chi connectivity index (χ1) is 4.65. The molecule has 0 unspecified atom stereocenters. The quantitative estimate of drug-likeness (QED) is 0.414. The van der Waals surface area contributed by atoms with E-state index in [1.54, 1.807) is 0 Å². The summed E-state index contributed by atoms with van der Waals surface area (Å²) in [6.45, 7) is 0. The summed E-state index contributed by atoms with van der Waals surface area (Å²) < 4.78 is 71.1. The van der Waals surface area contributed by atoms with Gasteiger partial charge in [0.15, 0.2) is 0 Å². The Morgan fingerprint density at radius 3 is 1.45 bits per heavy atom. The van der Waals surface area contributed by atoms with E-state index in [0.717, 1.165) is 0 Å². The molecule has 0 spiro atoms. The van der Waals surface area contributed by atoms with E-state index in [4.69, 9.17) is 0 Å². The maximum Gasteiger partial charge on any atom is 0.363 e. The Balaban J connectivity index is 2.98. The van der Waals surface area contributed by atoms with Crippen LogP contribution in [0.15, 0.2) is 0 Å². The van der Waals surface area contributed by atoms with Crippen molar-refractivity contribution in [2.75, 3.05) is 0 Å². The second-order valence-electron chi connectivity index (χ2n) is 2.18. The predicted octanol–water partition coefficient (Wildman–Crippen LogP) is 2.51. The first-order valence-electron chi connectivity index (χ1n) is 2.43. The molecule has 1 aliphatic rings. The lowest BCUT2D eigenvalue weighted by molar-refractivity contribution is -0.368. The van der Waals surface area contributed by atoms with Crippen LogP contribution in [-0.2, 0) is 0 Å². The summed E-state index contributed by atoms with van der Waals surface area (Å²) >= 11 is 4.16. The molecular weight excluding hydrogens is 197 g/mol. The van der Waals surface area contributed by atoms with Gasteiger partial charge >= 0.3 is 11.8 Å². The van der Waals surface area contributed by atoms with Crippen molar-refractivity contribution in [3.8, 4) is 0 Å². The van der Waals surface area contributed by atoms with Gasteiger partial charge in [-0.25, -0.2) is 8.78 Å². The van der Waals surface area contributed by atoms with Crippen molar-refractivity contribution >= 4 is 11.6 Å². The van der Waals surface area contributed by atoms with E-state index in [0.29, 0.717) is 0 Å². The van der Waals surface area contributed by atoms with E-state index >= 15 is 0 Å². The molecule has 0 heterocycles. The highest BCUT2D eigenvalue weighted by atomic mass is 35.5. The Morgan fingerprint density at radius 2 is 1.36 bits per heavy atom. The second kappa shape index (κ2) is 1.78. The van der Waals surface area contributed by atoms with E-state index in [-0.39, 0.29) is 0 Å². The van der Waals surface area contributed by atoms with Gasteiger partial charge in [-0.1, -0.05) is 11.6 Å². The van der Waals surface area contributed by atoms with Gasteiger partial charge in [-0.3, -0.25) is 0 Å². The molecule has 0 amide bonds. The largest absolute Gasteiger partial charge is 0.363 e. The molecule has 0 bridgehead atoms. The van der Waals surface area contributed by atoms with Crippen molar-refractivity contribution in [2.45, 2.75) is 23.1 Å². The lowest BCUT2D eigenvalue weighted by Gasteiger charge is -2.47. The van der Waals surface area contributed by atoms with Gasteiger partial charge < -0.3 is 0 Å². The zero-order chi connectivity index (χ0) is 9.08. The monoisotopic (exact) mass is 198 g/mol. The average Bonchev–Trinajstić information content (AvgIpc) is 1.84. The summed E-state index contributed by atoms with van der Waals surface area (Å²) in [7, 11) is 0. The van der Waals surface area contributed by atoms with Gasteiger partial charge in [0, 0.05) is 0 Å². The molecule has 0 aromatic rings. The molecule has 1 saturated carbocycles. The molecule has 0 aromatic heterocycles. The molecule has 0 aromatic carbocycles. The Labute approximate surface area is 62.1 Å². The topological polar surface area (TPSA) is 0 Å². The lowest BCUT2D eigenvalue weighted by atomic mass is 9.84. The number of hydrogen-bond acceptors (Lipinski definition) is 0. The summed E-state index contributed by atoms with van der Waals surface area (Å²) in [6.07, 6.45) is -3.65. The molecule has 7 heteroatoms. The summed E-state index contributed by atoms with van der Waals surface area (Å²) in [6, 6.07) is 0. The maximum absolute atomic E-state index is 12.0. The summed E-state index contributed by atoms with van der Waals surface area (Å²) in [5, 5.41) is -4.27. The zero-order valence-corrected chi connectivity index (χ0v) is 5.48. The molecule has 2 atom stereocenters. The fourth-order valence-corrected chi connectivity index (χ4v) is 0.953. The van der Waals surface area contributed by atoms with E-state index in [1.165, 1.54) is 0 Å². The zero-order valence-electron chi connectivity index (χ0n) is 4.72. The van der Waals surface area contributed by atoms with E-state index < -0.39 is 23.1 Å². The van der Waals surface area contributed by atoms with Gasteiger partial charge in [-0.05, 0) is 0 Å². The molecule has 1 rings (SSSR count). The molecule has 1 fully saturated rings. The molecule has 1 aliphatic carbocycles. The van der Waals surface area contributed by atoms with E-state index in [9.17, 15) is 26.3 Å². The van der Waals surface area contributed by atoms with Crippen molar-refractivity contribution in [3.63, 3.8) is 0 Å². The van der Waals surface area contributed by atoms with E-state index in [1.807, 2.05) is 0 Å².